The van der Waals surface area contributed by atoms with Crippen LogP contribution < -0.4 is 5.01 Å². The van der Waals surface area contributed by atoms with Gasteiger partial charge >= 0.3 is 5.97 Å². The van der Waals surface area contributed by atoms with Gasteiger partial charge in [-0.05, 0) is 48.5 Å². The maximum absolute atomic E-state index is 11.5. The van der Waals surface area contributed by atoms with Crippen molar-refractivity contribution < 1.29 is 40.9 Å². The Kier molecular flexibility index (Phi) is 5.88. The number of rotatable bonds is 6. The van der Waals surface area contributed by atoms with Crippen LogP contribution in [-0.2, 0) is 25.0 Å². The van der Waals surface area contributed by atoms with E-state index in [4.69, 9.17) is 9.11 Å². The topological polar surface area (TPSA) is 207 Å². The molecule has 0 spiro atoms. The van der Waals surface area contributed by atoms with Crippen LogP contribution in [0.5, 0.6) is 0 Å². The predicted octanol–water partition coefficient (Wildman–Crippen LogP) is 0.911. The van der Waals surface area contributed by atoms with Gasteiger partial charge in [0.25, 0.3) is 20.2 Å². The quantitative estimate of drug-likeness (QED) is 0.346. The molecule has 2 aromatic carbocycles. The molecule has 0 saturated carbocycles. The Bertz CT molecular complexity index is 1270. The number of aliphatic hydroxyl groups excluding tert-OH is 1. The van der Waals surface area contributed by atoms with Gasteiger partial charge in [0.05, 0.1) is 21.2 Å². The summed E-state index contributed by atoms with van der Waals surface area (Å²) in [5.41, 5.74) is -0.321. The maximum atomic E-state index is 11.5. The summed E-state index contributed by atoms with van der Waals surface area (Å²) in [5.74, 6) is -1.48. The van der Waals surface area contributed by atoms with Crippen LogP contribution in [0.3, 0.4) is 0 Å². The molecule has 1 aliphatic heterocycles. The summed E-state index contributed by atoms with van der Waals surface area (Å²) in [6, 6.07) is 7.58. The highest BCUT2D eigenvalue weighted by molar-refractivity contribution is 7.86. The minimum Gasteiger partial charge on any atom is -0.477 e. The number of aliphatic carboxylic acids is 1. The molecule has 0 saturated heterocycles. The van der Waals surface area contributed by atoms with Crippen molar-refractivity contribution in [3.05, 3.63) is 48.5 Å². The molecule has 13 nitrogen and oxygen atoms in total. The van der Waals surface area contributed by atoms with Crippen molar-refractivity contribution in [1.29, 1.82) is 0 Å². The van der Waals surface area contributed by atoms with E-state index in [2.05, 4.69) is 15.3 Å². The average molecular weight is 470 g/mol. The van der Waals surface area contributed by atoms with Crippen molar-refractivity contribution in [1.82, 2.24) is 0 Å². The number of carboxylic acid groups (broad SMARTS) is 1. The fourth-order valence-corrected chi connectivity index (χ4v) is 3.55. The van der Waals surface area contributed by atoms with E-state index in [1.807, 2.05) is 0 Å². The molecule has 0 radical (unpaired) electrons. The van der Waals surface area contributed by atoms with Crippen molar-refractivity contribution in [2.45, 2.75) is 22.1 Å². The molecule has 2 aromatic rings. The second kappa shape index (κ2) is 8.12. The molecule has 0 fully saturated rings. The molecule has 2 unspecified atom stereocenters. The number of hydrogen-bond donors (Lipinski definition) is 4. The van der Waals surface area contributed by atoms with E-state index >= 15 is 0 Å². The third-order valence-electron chi connectivity index (χ3n) is 4.08. The number of nitrogens with zero attached hydrogens (tertiary/aromatic N) is 4. The largest absolute Gasteiger partial charge is 0.477 e. The molecule has 0 aromatic heterocycles. The third kappa shape index (κ3) is 4.92. The number of hydrazone groups is 1. The highest BCUT2D eigenvalue weighted by Gasteiger charge is 2.41. The summed E-state index contributed by atoms with van der Waals surface area (Å²) in [6.45, 7) is 0. The number of carbonyl (C=O) groups is 1. The molecule has 164 valence electrons. The van der Waals surface area contributed by atoms with Gasteiger partial charge in [0, 0.05) is 0 Å². The molecule has 2 atom stereocenters. The zero-order valence-electron chi connectivity index (χ0n) is 15.2. The van der Waals surface area contributed by atoms with E-state index < -0.39 is 49.1 Å². The van der Waals surface area contributed by atoms with Crippen molar-refractivity contribution in [3.63, 3.8) is 0 Å². The van der Waals surface area contributed by atoms with Crippen LogP contribution in [0.4, 0.5) is 11.4 Å². The second-order valence-electron chi connectivity index (χ2n) is 6.15. The lowest BCUT2D eigenvalue weighted by Crippen LogP contribution is -2.37. The highest BCUT2D eigenvalue weighted by atomic mass is 32.2. The number of benzene rings is 2. The predicted molar refractivity (Wildman–Crippen MR) is 104 cm³/mol. The number of hydrogen-bond acceptors (Lipinski definition) is 10. The summed E-state index contributed by atoms with van der Waals surface area (Å²) in [4.78, 5) is 10.7. The lowest BCUT2D eigenvalue weighted by Gasteiger charge is -2.20. The van der Waals surface area contributed by atoms with Gasteiger partial charge in [0.15, 0.2) is 18.0 Å². The first-order valence-corrected chi connectivity index (χ1v) is 11.1. The second-order valence-corrected chi connectivity index (χ2v) is 8.99. The standard InChI is InChI=1S/C16H14N4O9S2/c21-15-13(18-17-9-1-5-11(6-2-9)30(24,25)26)14(16(22)23)19-20(15)10-3-7-12(8-4-10)31(27,28)29/h1-8,13,15,21H,(H,22,23)(H,24,25,26)(H,27,28,29). The molecular formula is C16H14N4O9S2. The van der Waals surface area contributed by atoms with Crippen molar-refractivity contribution in [3.8, 4) is 0 Å². The van der Waals surface area contributed by atoms with Crippen LogP contribution in [0.25, 0.3) is 0 Å². The van der Waals surface area contributed by atoms with Gasteiger partial charge in [0.1, 0.15) is 0 Å². The fraction of sp³-hybridized carbons (Fsp3) is 0.125. The number of carboxylic acids is 1. The van der Waals surface area contributed by atoms with Gasteiger partial charge in [-0.25, -0.2) is 9.80 Å². The van der Waals surface area contributed by atoms with Crippen LogP contribution in [0.2, 0.25) is 0 Å². The van der Waals surface area contributed by atoms with E-state index in [9.17, 15) is 31.8 Å². The van der Waals surface area contributed by atoms with Crippen molar-refractivity contribution in [2.75, 3.05) is 5.01 Å². The fourth-order valence-electron chi connectivity index (χ4n) is 2.59. The monoisotopic (exact) mass is 470 g/mol. The molecule has 0 aliphatic carbocycles. The van der Waals surface area contributed by atoms with Gasteiger partial charge < -0.3 is 10.2 Å². The molecule has 0 bridgehead atoms. The molecule has 1 heterocycles. The minimum absolute atomic E-state index is 0.111. The molecular weight excluding hydrogens is 456 g/mol. The SMILES string of the molecule is O=C(O)C1=NN(c2ccc(S(=O)(=O)O)cc2)C(O)C1N=Nc1ccc(S(=O)(=O)O)cc1. The van der Waals surface area contributed by atoms with Gasteiger partial charge in [-0.15, -0.1) is 0 Å². The Morgan fingerprint density at radius 3 is 1.84 bits per heavy atom. The van der Waals surface area contributed by atoms with Crippen LogP contribution in [0, 0.1) is 0 Å². The van der Waals surface area contributed by atoms with Crippen LogP contribution in [0.15, 0.2) is 73.7 Å². The summed E-state index contributed by atoms with van der Waals surface area (Å²) < 4.78 is 62.4. The number of azo groups is 1. The summed E-state index contributed by atoms with van der Waals surface area (Å²) >= 11 is 0. The number of anilines is 1. The number of aliphatic hydroxyl groups is 1. The van der Waals surface area contributed by atoms with Crippen LogP contribution >= 0.6 is 0 Å². The lowest BCUT2D eigenvalue weighted by molar-refractivity contribution is -0.129. The first-order chi connectivity index (χ1) is 14.4. The Labute approximate surface area is 175 Å². The van der Waals surface area contributed by atoms with E-state index in [-0.39, 0.29) is 16.3 Å². The lowest BCUT2D eigenvalue weighted by atomic mass is 10.1. The van der Waals surface area contributed by atoms with Gasteiger partial charge in [-0.3, -0.25) is 9.11 Å². The zero-order valence-corrected chi connectivity index (χ0v) is 16.8. The van der Waals surface area contributed by atoms with Crippen molar-refractivity contribution in [2.24, 2.45) is 15.3 Å². The Morgan fingerprint density at radius 1 is 0.903 bits per heavy atom. The summed E-state index contributed by atoms with van der Waals surface area (Å²) in [7, 11) is -8.84. The Hall–Kier alpha value is -3.24. The zero-order chi connectivity index (χ0) is 23.0. The first kappa shape index (κ1) is 22.4. The smallest absolute Gasteiger partial charge is 0.354 e. The van der Waals surface area contributed by atoms with Gasteiger partial charge in [-0.2, -0.15) is 32.2 Å². The van der Waals surface area contributed by atoms with E-state index in [1.54, 1.807) is 0 Å². The molecule has 15 heteroatoms. The van der Waals surface area contributed by atoms with Gasteiger partial charge in [-0.1, -0.05) is 0 Å². The Morgan fingerprint density at radius 2 is 1.39 bits per heavy atom. The molecule has 3 rings (SSSR count). The van der Waals surface area contributed by atoms with Crippen LogP contribution in [-0.4, -0.2) is 60.1 Å². The highest BCUT2D eigenvalue weighted by Crippen LogP contribution is 2.28. The minimum atomic E-state index is -4.44. The molecule has 4 N–H and O–H groups in total. The average Bonchev–Trinajstić information content (AvgIpc) is 3.02. The van der Waals surface area contributed by atoms with Crippen molar-refractivity contribution >= 4 is 43.3 Å². The summed E-state index contributed by atoms with van der Waals surface area (Å²) in [6.07, 6.45) is -1.61. The van der Waals surface area contributed by atoms with Gasteiger partial charge in [0.2, 0.25) is 0 Å². The normalized spacial score (nSPS) is 19.6. The molecule has 0 amide bonds. The van der Waals surface area contributed by atoms with E-state index in [0.717, 1.165) is 29.3 Å². The van der Waals surface area contributed by atoms with E-state index in [0.29, 0.717) is 0 Å². The third-order valence-corrected chi connectivity index (χ3v) is 5.81. The van der Waals surface area contributed by atoms with E-state index in [1.165, 1.54) is 24.3 Å². The Balaban J connectivity index is 1.87. The van der Waals surface area contributed by atoms with Crippen LogP contribution in [0.1, 0.15) is 0 Å². The maximum Gasteiger partial charge on any atom is 0.354 e. The molecule has 31 heavy (non-hydrogen) atoms. The molecule has 1 aliphatic rings. The first-order valence-electron chi connectivity index (χ1n) is 8.23. The summed E-state index contributed by atoms with van der Waals surface area (Å²) in [5, 5.41) is 32.1.